The molecule has 1 saturated heterocycles. The molecule has 1 aliphatic heterocycles. The zero-order chi connectivity index (χ0) is 13.2. The van der Waals surface area contributed by atoms with Crippen LogP contribution in [0.1, 0.15) is 27.2 Å². The van der Waals surface area contributed by atoms with Crippen LogP contribution in [0.15, 0.2) is 0 Å². The summed E-state index contributed by atoms with van der Waals surface area (Å²) in [5.74, 6) is -1.20. The Hall–Kier alpha value is -1.10. The third-order valence-corrected chi connectivity index (χ3v) is 3.93. The van der Waals surface area contributed by atoms with E-state index in [1.165, 1.54) is 0 Å². The van der Waals surface area contributed by atoms with E-state index in [1.807, 2.05) is 18.7 Å². The van der Waals surface area contributed by atoms with Gasteiger partial charge in [0.15, 0.2) is 0 Å². The highest BCUT2D eigenvalue weighted by Crippen LogP contribution is 2.38. The molecule has 0 aromatic rings. The summed E-state index contributed by atoms with van der Waals surface area (Å²) in [6.45, 7) is 7.44. The number of hydrogen-bond acceptors (Lipinski definition) is 3. The van der Waals surface area contributed by atoms with Crippen molar-refractivity contribution in [1.82, 2.24) is 4.90 Å². The molecule has 0 saturated carbocycles. The summed E-state index contributed by atoms with van der Waals surface area (Å²) in [5.41, 5.74) is 4.55. The normalized spacial score (nSPS) is 27.3. The summed E-state index contributed by atoms with van der Waals surface area (Å²) >= 11 is 0. The second-order valence-corrected chi connectivity index (χ2v) is 5.40. The largest absolute Gasteiger partial charge is 0.481 e. The molecule has 0 aromatic carbocycles. The van der Waals surface area contributed by atoms with E-state index in [9.17, 15) is 14.7 Å². The van der Waals surface area contributed by atoms with Crippen LogP contribution >= 0.6 is 0 Å². The van der Waals surface area contributed by atoms with E-state index in [1.54, 1.807) is 6.92 Å². The zero-order valence-electron chi connectivity index (χ0n) is 10.8. The highest BCUT2D eigenvalue weighted by Gasteiger charge is 2.47. The van der Waals surface area contributed by atoms with Crippen LogP contribution in [0.4, 0.5) is 0 Å². The molecule has 2 atom stereocenters. The van der Waals surface area contributed by atoms with Crippen molar-refractivity contribution in [1.29, 1.82) is 0 Å². The first-order valence-corrected chi connectivity index (χ1v) is 6.04. The molecule has 1 heterocycles. The minimum absolute atomic E-state index is 0.0916. The van der Waals surface area contributed by atoms with Crippen LogP contribution in [-0.4, -0.2) is 41.5 Å². The fraction of sp³-hybridized carbons (Fsp3) is 0.833. The van der Waals surface area contributed by atoms with Gasteiger partial charge in [-0.1, -0.05) is 20.8 Å². The summed E-state index contributed by atoms with van der Waals surface area (Å²) in [6.07, 6.45) is 0.644. The number of likely N-dealkylation sites (tertiary alicyclic amines) is 1. The number of primary amides is 1. The van der Waals surface area contributed by atoms with Gasteiger partial charge in [-0.05, 0) is 18.9 Å². The molecule has 0 radical (unpaired) electrons. The molecule has 5 nitrogen and oxygen atoms in total. The van der Waals surface area contributed by atoms with Crippen LogP contribution < -0.4 is 5.73 Å². The molecular weight excluding hydrogens is 220 g/mol. The Morgan fingerprint density at radius 1 is 1.41 bits per heavy atom. The van der Waals surface area contributed by atoms with E-state index < -0.39 is 11.4 Å². The first kappa shape index (κ1) is 14.0. The smallest absolute Gasteiger partial charge is 0.311 e. The number of aliphatic carboxylic acids is 1. The molecule has 1 aliphatic rings. The Morgan fingerprint density at radius 3 is 2.35 bits per heavy atom. The summed E-state index contributed by atoms with van der Waals surface area (Å²) < 4.78 is 0. The molecule has 3 N–H and O–H groups in total. The van der Waals surface area contributed by atoms with Crippen LogP contribution in [0.3, 0.4) is 0 Å². The highest BCUT2D eigenvalue weighted by atomic mass is 16.4. The van der Waals surface area contributed by atoms with Gasteiger partial charge in [0.25, 0.3) is 0 Å². The van der Waals surface area contributed by atoms with Crippen LogP contribution in [0.25, 0.3) is 0 Å². The van der Waals surface area contributed by atoms with Crippen LogP contribution in [0.5, 0.6) is 0 Å². The van der Waals surface area contributed by atoms with E-state index in [0.717, 1.165) is 6.54 Å². The average molecular weight is 242 g/mol. The molecule has 2 unspecified atom stereocenters. The first-order valence-electron chi connectivity index (χ1n) is 6.04. The second kappa shape index (κ2) is 5.04. The van der Waals surface area contributed by atoms with Crippen molar-refractivity contribution in [3.05, 3.63) is 0 Å². The molecule has 98 valence electrons. The minimum Gasteiger partial charge on any atom is -0.481 e. The van der Waals surface area contributed by atoms with Gasteiger partial charge in [-0.25, -0.2) is 0 Å². The number of carbonyl (C=O) groups is 2. The number of carboxylic acids is 1. The quantitative estimate of drug-likeness (QED) is 0.737. The molecular formula is C12H22N2O3. The van der Waals surface area contributed by atoms with Gasteiger partial charge < -0.3 is 15.7 Å². The van der Waals surface area contributed by atoms with E-state index in [-0.39, 0.29) is 17.7 Å². The van der Waals surface area contributed by atoms with Crippen LogP contribution in [-0.2, 0) is 9.59 Å². The van der Waals surface area contributed by atoms with Gasteiger partial charge in [-0.15, -0.1) is 0 Å². The van der Waals surface area contributed by atoms with Crippen molar-refractivity contribution < 1.29 is 14.7 Å². The van der Waals surface area contributed by atoms with Gasteiger partial charge in [0.2, 0.25) is 5.91 Å². The van der Waals surface area contributed by atoms with Crippen LogP contribution in [0.2, 0.25) is 0 Å². The lowest BCUT2D eigenvalue weighted by atomic mass is 9.76. The maximum atomic E-state index is 11.4. The second-order valence-electron chi connectivity index (χ2n) is 5.40. The van der Waals surface area contributed by atoms with E-state index in [0.29, 0.717) is 19.5 Å². The Morgan fingerprint density at radius 2 is 2.00 bits per heavy atom. The number of carboxylic acid groups (broad SMARTS) is 1. The summed E-state index contributed by atoms with van der Waals surface area (Å²) in [7, 11) is 0. The number of nitrogens with zero attached hydrogens (tertiary/aromatic N) is 1. The number of nitrogens with two attached hydrogens (primary N) is 1. The predicted octanol–water partition coefficient (Wildman–Crippen LogP) is 0.541. The van der Waals surface area contributed by atoms with Gasteiger partial charge in [0, 0.05) is 19.0 Å². The number of rotatable bonds is 5. The summed E-state index contributed by atoms with van der Waals surface area (Å²) in [6, 6.07) is 0. The fourth-order valence-electron chi connectivity index (χ4n) is 2.44. The Balaban J connectivity index is 2.67. The van der Waals surface area contributed by atoms with E-state index in [4.69, 9.17) is 5.73 Å². The average Bonchev–Trinajstić information content (AvgIpc) is 2.62. The third-order valence-electron chi connectivity index (χ3n) is 3.93. The van der Waals surface area contributed by atoms with Crippen molar-refractivity contribution in [2.75, 3.05) is 19.6 Å². The zero-order valence-corrected chi connectivity index (χ0v) is 10.8. The summed E-state index contributed by atoms with van der Waals surface area (Å²) in [5, 5.41) is 9.38. The Bertz CT molecular complexity index is 317. The van der Waals surface area contributed by atoms with Crippen molar-refractivity contribution in [3.8, 4) is 0 Å². The maximum Gasteiger partial charge on any atom is 0.311 e. The molecule has 0 aliphatic carbocycles. The van der Waals surface area contributed by atoms with E-state index >= 15 is 0 Å². The lowest BCUT2D eigenvalue weighted by molar-refractivity contribution is -0.151. The molecule has 0 aromatic heterocycles. The SMILES string of the molecule is CC(CN1CCC(C(=O)O)(C(C)C)C1)C(N)=O. The number of hydrogen-bond donors (Lipinski definition) is 2. The number of carbonyl (C=O) groups excluding carboxylic acids is 1. The van der Waals surface area contributed by atoms with E-state index in [2.05, 4.69) is 0 Å². The topological polar surface area (TPSA) is 83.6 Å². The van der Waals surface area contributed by atoms with Crippen molar-refractivity contribution in [3.63, 3.8) is 0 Å². The van der Waals surface area contributed by atoms with Crippen molar-refractivity contribution >= 4 is 11.9 Å². The molecule has 0 bridgehead atoms. The standard InChI is InChI=1S/C12H22N2O3/c1-8(2)12(11(16)17)4-5-14(7-12)6-9(3)10(13)15/h8-9H,4-7H2,1-3H3,(H2,13,15)(H,16,17). The lowest BCUT2D eigenvalue weighted by Gasteiger charge is -2.29. The van der Waals surface area contributed by atoms with Gasteiger partial charge in [0.1, 0.15) is 0 Å². The number of amides is 1. The lowest BCUT2D eigenvalue weighted by Crippen LogP contribution is -2.41. The molecule has 1 amide bonds. The molecule has 5 heteroatoms. The van der Waals surface area contributed by atoms with Gasteiger partial charge in [0.05, 0.1) is 5.41 Å². The first-order chi connectivity index (χ1) is 7.79. The van der Waals surface area contributed by atoms with Gasteiger partial charge >= 0.3 is 5.97 Å². The van der Waals surface area contributed by atoms with Gasteiger partial charge in [-0.2, -0.15) is 0 Å². The molecule has 1 rings (SSSR count). The Kier molecular flexibility index (Phi) is 4.14. The molecule has 1 fully saturated rings. The fourth-order valence-corrected chi connectivity index (χ4v) is 2.44. The van der Waals surface area contributed by atoms with Gasteiger partial charge in [-0.3, -0.25) is 9.59 Å². The van der Waals surface area contributed by atoms with Crippen LogP contribution in [0, 0.1) is 17.3 Å². The minimum atomic E-state index is -0.735. The third kappa shape index (κ3) is 2.77. The summed E-state index contributed by atoms with van der Waals surface area (Å²) in [4.78, 5) is 24.4. The van der Waals surface area contributed by atoms with Crippen molar-refractivity contribution in [2.45, 2.75) is 27.2 Å². The molecule has 0 spiro atoms. The Labute approximate surface area is 102 Å². The van der Waals surface area contributed by atoms with Crippen molar-refractivity contribution in [2.24, 2.45) is 23.0 Å². The maximum absolute atomic E-state index is 11.4. The predicted molar refractivity (Wildman–Crippen MR) is 64.3 cm³/mol. The molecule has 17 heavy (non-hydrogen) atoms. The highest BCUT2D eigenvalue weighted by molar-refractivity contribution is 5.77. The monoisotopic (exact) mass is 242 g/mol.